The van der Waals surface area contributed by atoms with Gasteiger partial charge in [0.2, 0.25) is 0 Å². The fourth-order valence-corrected chi connectivity index (χ4v) is 5.33. The Balaban J connectivity index is 1.98. The second kappa shape index (κ2) is 7.73. The van der Waals surface area contributed by atoms with Gasteiger partial charge in [-0.15, -0.1) is 0 Å². The standard InChI is InChI=1S/C24H31NO/c1-5-7-17(6-2)21-12-20-13-22(21)24(23(20)14-25)15(3)18-8-10-19(11-9-18)16(4)26/h6,8-11,14,20-23,25H,5,7,12-13H2,1-4H3/b17-6-,24-15+,25-14?. The molecule has 0 aliphatic heterocycles. The number of fused-ring (bicyclic) bond motifs is 2. The number of hydrogen-bond donors (Lipinski definition) is 1. The highest BCUT2D eigenvalue weighted by atomic mass is 16.1. The Hall–Kier alpha value is -1.96. The largest absolute Gasteiger partial charge is 0.312 e. The molecule has 2 aliphatic carbocycles. The van der Waals surface area contributed by atoms with Crippen LogP contribution in [0.2, 0.25) is 0 Å². The Bertz CT molecular complexity index is 753. The van der Waals surface area contributed by atoms with E-state index in [4.69, 9.17) is 5.41 Å². The van der Waals surface area contributed by atoms with Crippen molar-refractivity contribution in [1.82, 2.24) is 0 Å². The summed E-state index contributed by atoms with van der Waals surface area (Å²) >= 11 is 0. The van der Waals surface area contributed by atoms with E-state index in [0.29, 0.717) is 23.7 Å². The van der Waals surface area contributed by atoms with Gasteiger partial charge in [0.05, 0.1) is 0 Å². The zero-order valence-corrected chi connectivity index (χ0v) is 16.5. The minimum absolute atomic E-state index is 0.108. The zero-order valence-electron chi connectivity index (χ0n) is 16.5. The van der Waals surface area contributed by atoms with Crippen LogP contribution in [0, 0.1) is 29.1 Å². The van der Waals surface area contributed by atoms with Crippen molar-refractivity contribution in [2.45, 2.75) is 53.4 Å². The highest BCUT2D eigenvalue weighted by Crippen LogP contribution is 2.58. The molecule has 0 heterocycles. The van der Waals surface area contributed by atoms with E-state index >= 15 is 0 Å². The second-order valence-electron chi connectivity index (χ2n) is 7.96. The molecule has 1 aromatic rings. The number of Topliss-reactive ketones (excluding diaryl/α,β-unsaturated/α-hetero) is 1. The summed E-state index contributed by atoms with van der Waals surface area (Å²) < 4.78 is 0. The van der Waals surface area contributed by atoms with E-state index in [1.807, 2.05) is 12.1 Å². The van der Waals surface area contributed by atoms with Crippen molar-refractivity contribution in [3.8, 4) is 0 Å². The maximum absolute atomic E-state index is 11.5. The van der Waals surface area contributed by atoms with Crippen LogP contribution >= 0.6 is 0 Å². The Morgan fingerprint density at radius 3 is 2.35 bits per heavy atom. The monoisotopic (exact) mass is 349 g/mol. The summed E-state index contributed by atoms with van der Waals surface area (Å²) in [5.41, 5.74) is 6.37. The molecule has 2 fully saturated rings. The number of rotatable bonds is 6. The lowest BCUT2D eigenvalue weighted by Gasteiger charge is -2.32. The molecule has 2 heteroatoms. The quantitative estimate of drug-likeness (QED) is 0.364. The van der Waals surface area contributed by atoms with Crippen LogP contribution < -0.4 is 0 Å². The van der Waals surface area contributed by atoms with Gasteiger partial charge in [0.15, 0.2) is 5.78 Å². The van der Waals surface area contributed by atoms with Crippen molar-refractivity contribution < 1.29 is 4.79 Å². The molecule has 0 spiro atoms. The van der Waals surface area contributed by atoms with E-state index in [-0.39, 0.29) is 5.78 Å². The van der Waals surface area contributed by atoms with Gasteiger partial charge in [-0.3, -0.25) is 4.79 Å². The van der Waals surface area contributed by atoms with Gasteiger partial charge in [0.1, 0.15) is 0 Å². The van der Waals surface area contributed by atoms with Crippen molar-refractivity contribution in [1.29, 1.82) is 5.41 Å². The molecule has 26 heavy (non-hydrogen) atoms. The van der Waals surface area contributed by atoms with Crippen LogP contribution in [-0.4, -0.2) is 12.0 Å². The summed E-state index contributed by atoms with van der Waals surface area (Å²) in [7, 11) is 0. The van der Waals surface area contributed by atoms with Crippen molar-refractivity contribution in [3.05, 3.63) is 52.6 Å². The molecular formula is C24H31NO. The molecule has 4 atom stereocenters. The van der Waals surface area contributed by atoms with Gasteiger partial charge in [-0.05, 0) is 68.9 Å². The summed E-state index contributed by atoms with van der Waals surface area (Å²) in [5.74, 6) is 2.26. The third-order valence-electron chi connectivity index (χ3n) is 6.59. The first-order valence-electron chi connectivity index (χ1n) is 9.99. The van der Waals surface area contributed by atoms with Crippen LogP contribution in [0.1, 0.15) is 69.3 Å². The maximum atomic E-state index is 11.5. The van der Waals surface area contributed by atoms with Crippen LogP contribution in [0.15, 0.2) is 41.5 Å². The molecule has 2 nitrogen and oxygen atoms in total. The fraction of sp³-hybridized carbons (Fsp3) is 0.500. The van der Waals surface area contributed by atoms with Crippen molar-refractivity contribution >= 4 is 17.6 Å². The molecule has 1 aromatic carbocycles. The second-order valence-corrected chi connectivity index (χ2v) is 7.96. The molecule has 2 aliphatic rings. The Morgan fingerprint density at radius 2 is 1.81 bits per heavy atom. The van der Waals surface area contributed by atoms with E-state index in [0.717, 1.165) is 5.56 Å². The molecular weight excluding hydrogens is 318 g/mol. The summed E-state index contributed by atoms with van der Waals surface area (Å²) in [6.07, 6.45) is 8.88. The molecule has 2 saturated carbocycles. The molecule has 0 saturated heterocycles. The Morgan fingerprint density at radius 1 is 1.15 bits per heavy atom. The average Bonchev–Trinajstić information content (AvgIpc) is 3.23. The Kier molecular flexibility index (Phi) is 5.60. The van der Waals surface area contributed by atoms with Crippen LogP contribution in [0.3, 0.4) is 0 Å². The first-order chi connectivity index (χ1) is 12.5. The number of carbonyl (C=O) groups excluding carboxylic acids is 1. The topological polar surface area (TPSA) is 40.9 Å². The highest BCUT2D eigenvalue weighted by molar-refractivity contribution is 5.94. The third kappa shape index (κ3) is 3.22. The van der Waals surface area contributed by atoms with E-state index in [1.165, 1.54) is 42.4 Å². The van der Waals surface area contributed by atoms with Crippen LogP contribution in [0.4, 0.5) is 0 Å². The van der Waals surface area contributed by atoms with Crippen molar-refractivity contribution in [2.75, 3.05) is 0 Å². The van der Waals surface area contributed by atoms with E-state index in [9.17, 15) is 4.79 Å². The molecule has 2 bridgehead atoms. The average molecular weight is 350 g/mol. The molecule has 138 valence electrons. The summed E-state index contributed by atoms with van der Waals surface area (Å²) in [6, 6.07) is 8.01. The van der Waals surface area contributed by atoms with E-state index in [1.54, 1.807) is 18.7 Å². The van der Waals surface area contributed by atoms with Crippen LogP contribution in [-0.2, 0) is 0 Å². The number of carbonyl (C=O) groups is 1. The minimum atomic E-state index is 0.108. The minimum Gasteiger partial charge on any atom is -0.312 e. The van der Waals surface area contributed by atoms with Gasteiger partial charge in [-0.2, -0.15) is 0 Å². The zero-order chi connectivity index (χ0) is 18.8. The number of nitrogens with one attached hydrogen (secondary N) is 1. The smallest absolute Gasteiger partial charge is 0.159 e. The number of ketones is 1. The molecule has 0 radical (unpaired) electrons. The highest BCUT2D eigenvalue weighted by Gasteiger charge is 2.49. The summed E-state index contributed by atoms with van der Waals surface area (Å²) in [6.45, 7) is 8.26. The van der Waals surface area contributed by atoms with E-state index < -0.39 is 0 Å². The van der Waals surface area contributed by atoms with Gasteiger partial charge in [0, 0.05) is 17.7 Å². The predicted octanol–water partition coefficient (Wildman–Crippen LogP) is 6.33. The van der Waals surface area contributed by atoms with Crippen LogP contribution in [0.5, 0.6) is 0 Å². The third-order valence-corrected chi connectivity index (χ3v) is 6.59. The van der Waals surface area contributed by atoms with Crippen molar-refractivity contribution in [2.24, 2.45) is 23.7 Å². The first-order valence-corrected chi connectivity index (χ1v) is 9.99. The van der Waals surface area contributed by atoms with E-state index in [2.05, 4.69) is 39.0 Å². The van der Waals surface area contributed by atoms with Gasteiger partial charge < -0.3 is 5.41 Å². The first kappa shape index (κ1) is 18.8. The normalized spacial score (nSPS) is 29.8. The van der Waals surface area contributed by atoms with Gasteiger partial charge >= 0.3 is 0 Å². The summed E-state index contributed by atoms with van der Waals surface area (Å²) in [5, 5.41) is 8.01. The SMILES string of the molecule is C/C=C(/CCC)C1CC2CC1/C(=C(/C)c1ccc(C(C)=O)cc1)C2C=N. The lowest BCUT2D eigenvalue weighted by Crippen LogP contribution is -2.24. The molecule has 0 aromatic heterocycles. The Labute approximate surface area is 157 Å². The number of hydrogen-bond acceptors (Lipinski definition) is 2. The molecule has 4 unspecified atom stereocenters. The fourth-order valence-electron chi connectivity index (χ4n) is 5.33. The number of allylic oxidation sites excluding steroid dienone is 4. The van der Waals surface area contributed by atoms with Crippen LogP contribution in [0.25, 0.3) is 5.57 Å². The molecule has 1 N–H and O–H groups in total. The lowest BCUT2D eigenvalue weighted by atomic mass is 9.72. The van der Waals surface area contributed by atoms with Gasteiger partial charge in [-0.1, -0.05) is 54.8 Å². The molecule has 0 amide bonds. The van der Waals surface area contributed by atoms with Crippen molar-refractivity contribution in [3.63, 3.8) is 0 Å². The van der Waals surface area contributed by atoms with Gasteiger partial charge in [0.25, 0.3) is 0 Å². The maximum Gasteiger partial charge on any atom is 0.159 e. The predicted molar refractivity (Wildman–Crippen MR) is 110 cm³/mol. The number of benzene rings is 1. The summed E-state index contributed by atoms with van der Waals surface area (Å²) in [4.78, 5) is 11.5. The lowest BCUT2D eigenvalue weighted by molar-refractivity contribution is 0.101. The van der Waals surface area contributed by atoms with Gasteiger partial charge in [-0.25, -0.2) is 0 Å². The molecule has 3 rings (SSSR count).